The molecule has 1 atom stereocenters. The third-order valence-corrected chi connectivity index (χ3v) is 3.80. The van der Waals surface area contributed by atoms with Gasteiger partial charge in [-0.05, 0) is 43.2 Å². The van der Waals surface area contributed by atoms with Crippen LogP contribution in [0.15, 0.2) is 42.5 Å². The summed E-state index contributed by atoms with van der Waals surface area (Å²) in [5, 5.41) is 2.82. The second kappa shape index (κ2) is 7.25. The molecule has 0 fully saturated rings. The van der Waals surface area contributed by atoms with Crippen molar-refractivity contribution in [3.8, 4) is 17.2 Å². The molecule has 1 aliphatic heterocycles. The van der Waals surface area contributed by atoms with Crippen LogP contribution in [0.25, 0.3) is 0 Å². The molecule has 2 aromatic rings. The van der Waals surface area contributed by atoms with Gasteiger partial charge in [-0.25, -0.2) is 0 Å². The van der Waals surface area contributed by atoms with E-state index in [-0.39, 0.29) is 12.5 Å². The topological polar surface area (TPSA) is 56.8 Å². The minimum Gasteiger partial charge on any atom is -0.491 e. The summed E-state index contributed by atoms with van der Waals surface area (Å²) in [6.07, 6.45) is -0.638. The number of carbonyl (C=O) groups excluding carboxylic acids is 1. The number of fused-ring (bicyclic) bond motifs is 1. The second-order valence-electron chi connectivity index (χ2n) is 5.77. The first-order chi connectivity index (χ1) is 11.6. The molecule has 126 valence electrons. The van der Waals surface area contributed by atoms with Gasteiger partial charge in [-0.2, -0.15) is 0 Å². The van der Waals surface area contributed by atoms with Gasteiger partial charge >= 0.3 is 0 Å². The Hall–Kier alpha value is -2.69. The fourth-order valence-electron chi connectivity index (χ4n) is 2.46. The number of nitrogens with one attached hydrogen (secondary N) is 1. The monoisotopic (exact) mass is 327 g/mol. The summed E-state index contributed by atoms with van der Waals surface area (Å²) in [6, 6.07) is 13.4. The van der Waals surface area contributed by atoms with Gasteiger partial charge in [0.05, 0.1) is 6.54 Å². The lowest BCUT2D eigenvalue weighted by Crippen LogP contribution is -2.45. The van der Waals surface area contributed by atoms with E-state index in [1.807, 2.05) is 50.2 Å². The Labute approximate surface area is 141 Å². The molecule has 0 bridgehead atoms. The van der Waals surface area contributed by atoms with Crippen molar-refractivity contribution in [3.05, 3.63) is 53.6 Å². The second-order valence-corrected chi connectivity index (χ2v) is 5.77. The molecule has 0 aliphatic carbocycles. The van der Waals surface area contributed by atoms with Crippen LogP contribution in [-0.4, -0.2) is 31.8 Å². The van der Waals surface area contributed by atoms with Crippen LogP contribution in [0, 0.1) is 13.8 Å². The van der Waals surface area contributed by atoms with E-state index in [9.17, 15) is 4.79 Å². The van der Waals surface area contributed by atoms with Crippen molar-refractivity contribution in [3.63, 3.8) is 0 Å². The molecular weight excluding hydrogens is 306 g/mol. The fraction of sp³-hybridized carbons (Fsp3) is 0.316. The maximum absolute atomic E-state index is 12.2. The molecule has 0 aromatic heterocycles. The summed E-state index contributed by atoms with van der Waals surface area (Å²) in [5.41, 5.74) is 2.22. The number of hydrogen-bond donors (Lipinski definition) is 1. The molecule has 2 aromatic carbocycles. The molecule has 0 saturated carbocycles. The Morgan fingerprint density at radius 1 is 1.21 bits per heavy atom. The van der Waals surface area contributed by atoms with E-state index in [4.69, 9.17) is 14.2 Å². The first-order valence-electron chi connectivity index (χ1n) is 8.00. The van der Waals surface area contributed by atoms with Gasteiger partial charge in [0, 0.05) is 0 Å². The minimum atomic E-state index is -0.638. The number of benzene rings is 2. The molecule has 1 N–H and O–H groups in total. The molecule has 0 saturated heterocycles. The zero-order valence-corrected chi connectivity index (χ0v) is 13.9. The van der Waals surface area contributed by atoms with Crippen LogP contribution >= 0.6 is 0 Å². The van der Waals surface area contributed by atoms with E-state index in [0.29, 0.717) is 24.7 Å². The maximum atomic E-state index is 12.2. The number of hydrogen-bond acceptors (Lipinski definition) is 4. The van der Waals surface area contributed by atoms with Crippen molar-refractivity contribution in [1.82, 2.24) is 5.32 Å². The van der Waals surface area contributed by atoms with Crippen molar-refractivity contribution in [1.29, 1.82) is 0 Å². The SMILES string of the molecule is Cc1ccc(C)c(OCCNC(=O)C2COc3ccccc3O2)c1. The summed E-state index contributed by atoms with van der Waals surface area (Å²) in [5.74, 6) is 1.90. The van der Waals surface area contributed by atoms with E-state index < -0.39 is 6.10 Å². The van der Waals surface area contributed by atoms with E-state index in [0.717, 1.165) is 16.9 Å². The van der Waals surface area contributed by atoms with E-state index in [1.165, 1.54) is 0 Å². The summed E-state index contributed by atoms with van der Waals surface area (Å²) < 4.78 is 16.9. The molecule has 1 aliphatic rings. The van der Waals surface area contributed by atoms with Crippen LogP contribution in [-0.2, 0) is 4.79 Å². The highest BCUT2D eigenvalue weighted by atomic mass is 16.6. The minimum absolute atomic E-state index is 0.200. The van der Waals surface area contributed by atoms with Gasteiger partial charge in [-0.15, -0.1) is 0 Å². The van der Waals surface area contributed by atoms with Gasteiger partial charge in [0.15, 0.2) is 11.5 Å². The molecule has 5 nitrogen and oxygen atoms in total. The summed E-state index contributed by atoms with van der Waals surface area (Å²) in [4.78, 5) is 12.2. The Balaban J connectivity index is 1.46. The first-order valence-corrected chi connectivity index (χ1v) is 8.00. The van der Waals surface area contributed by atoms with E-state index in [1.54, 1.807) is 6.07 Å². The van der Waals surface area contributed by atoms with Crippen molar-refractivity contribution in [2.45, 2.75) is 20.0 Å². The molecule has 3 rings (SSSR count). The number of para-hydroxylation sites is 2. The lowest BCUT2D eigenvalue weighted by molar-refractivity contribution is -0.130. The Kier molecular flexibility index (Phi) is 4.89. The Morgan fingerprint density at radius 2 is 2.00 bits per heavy atom. The number of ether oxygens (including phenoxy) is 3. The molecule has 1 amide bonds. The zero-order chi connectivity index (χ0) is 16.9. The predicted molar refractivity (Wildman–Crippen MR) is 90.8 cm³/mol. The van der Waals surface area contributed by atoms with Crippen LogP contribution in [0.3, 0.4) is 0 Å². The van der Waals surface area contributed by atoms with E-state index in [2.05, 4.69) is 5.32 Å². The number of aryl methyl sites for hydroxylation is 2. The van der Waals surface area contributed by atoms with Crippen LogP contribution in [0.4, 0.5) is 0 Å². The largest absolute Gasteiger partial charge is 0.491 e. The Bertz CT molecular complexity index is 729. The average Bonchev–Trinajstić information content (AvgIpc) is 2.61. The number of amides is 1. The van der Waals surface area contributed by atoms with Gasteiger partial charge < -0.3 is 19.5 Å². The normalized spacial score (nSPS) is 15.7. The summed E-state index contributed by atoms with van der Waals surface area (Å²) in [6.45, 7) is 5.04. The fourth-order valence-corrected chi connectivity index (χ4v) is 2.46. The van der Waals surface area contributed by atoms with Crippen LogP contribution in [0.2, 0.25) is 0 Å². The molecular formula is C19H21NO4. The highest BCUT2D eigenvalue weighted by Crippen LogP contribution is 2.30. The van der Waals surface area contributed by atoms with Crippen LogP contribution < -0.4 is 19.5 Å². The highest BCUT2D eigenvalue weighted by Gasteiger charge is 2.26. The van der Waals surface area contributed by atoms with Gasteiger partial charge in [-0.1, -0.05) is 24.3 Å². The Morgan fingerprint density at radius 3 is 2.83 bits per heavy atom. The first kappa shape index (κ1) is 16.2. The van der Waals surface area contributed by atoms with Gasteiger partial charge in [0.25, 0.3) is 5.91 Å². The van der Waals surface area contributed by atoms with Gasteiger partial charge in [-0.3, -0.25) is 4.79 Å². The maximum Gasteiger partial charge on any atom is 0.264 e. The summed E-state index contributed by atoms with van der Waals surface area (Å²) >= 11 is 0. The molecule has 0 radical (unpaired) electrons. The highest BCUT2D eigenvalue weighted by molar-refractivity contribution is 5.81. The third-order valence-electron chi connectivity index (χ3n) is 3.80. The van der Waals surface area contributed by atoms with Crippen molar-refractivity contribution < 1.29 is 19.0 Å². The third kappa shape index (κ3) is 3.79. The standard InChI is InChI=1S/C19H21NO4/c1-13-7-8-14(2)17(11-13)22-10-9-20-19(21)18-12-23-15-5-3-4-6-16(15)24-18/h3-8,11,18H,9-10,12H2,1-2H3,(H,20,21). The molecule has 0 spiro atoms. The average molecular weight is 327 g/mol. The lowest BCUT2D eigenvalue weighted by atomic mass is 10.1. The van der Waals surface area contributed by atoms with Gasteiger partial charge in [0.2, 0.25) is 6.10 Å². The van der Waals surface area contributed by atoms with Crippen LogP contribution in [0.1, 0.15) is 11.1 Å². The lowest BCUT2D eigenvalue weighted by Gasteiger charge is -2.25. The molecule has 5 heteroatoms. The molecule has 24 heavy (non-hydrogen) atoms. The zero-order valence-electron chi connectivity index (χ0n) is 13.9. The van der Waals surface area contributed by atoms with Crippen LogP contribution in [0.5, 0.6) is 17.2 Å². The smallest absolute Gasteiger partial charge is 0.264 e. The molecule has 1 heterocycles. The molecule has 1 unspecified atom stereocenters. The van der Waals surface area contributed by atoms with Crippen molar-refractivity contribution >= 4 is 5.91 Å². The summed E-state index contributed by atoms with van der Waals surface area (Å²) in [7, 11) is 0. The number of rotatable bonds is 5. The quantitative estimate of drug-likeness (QED) is 0.858. The van der Waals surface area contributed by atoms with Crippen molar-refractivity contribution in [2.75, 3.05) is 19.8 Å². The van der Waals surface area contributed by atoms with Gasteiger partial charge in [0.1, 0.15) is 19.0 Å². The predicted octanol–water partition coefficient (Wildman–Crippen LogP) is 2.64. The van der Waals surface area contributed by atoms with E-state index >= 15 is 0 Å². The van der Waals surface area contributed by atoms with Crippen molar-refractivity contribution in [2.24, 2.45) is 0 Å². The number of carbonyl (C=O) groups is 1.